The van der Waals surface area contributed by atoms with Crippen LogP contribution in [0.3, 0.4) is 0 Å². The first-order valence-electron chi connectivity index (χ1n) is 9.59. The summed E-state index contributed by atoms with van der Waals surface area (Å²) >= 11 is 0. The molecule has 1 atom stereocenters. The van der Waals surface area contributed by atoms with Crippen molar-refractivity contribution in [1.82, 2.24) is 10.3 Å². The molecule has 3 aromatic rings. The lowest BCUT2D eigenvalue weighted by molar-refractivity contribution is 0.0936. The number of hydrogen-bond acceptors (Lipinski definition) is 3. The van der Waals surface area contributed by atoms with E-state index in [4.69, 9.17) is 5.10 Å². The average molecular weight is 369 g/mol. The molecule has 28 heavy (non-hydrogen) atoms. The van der Waals surface area contributed by atoms with Crippen molar-refractivity contribution in [3.63, 3.8) is 0 Å². The lowest BCUT2D eigenvalue weighted by atomic mass is 10.1. The third kappa shape index (κ3) is 4.12. The van der Waals surface area contributed by atoms with Gasteiger partial charge in [-0.1, -0.05) is 78.9 Å². The Morgan fingerprint density at radius 1 is 0.893 bits per heavy atom. The lowest BCUT2D eigenvalue weighted by Gasteiger charge is -2.27. The van der Waals surface area contributed by atoms with Gasteiger partial charge in [0.25, 0.3) is 5.91 Å². The maximum atomic E-state index is 12.5. The summed E-state index contributed by atoms with van der Waals surface area (Å²) in [5, 5.41) is 10.1. The van der Waals surface area contributed by atoms with Crippen LogP contribution in [0, 0.1) is 0 Å². The first-order valence-corrected chi connectivity index (χ1v) is 9.59. The van der Waals surface area contributed by atoms with Crippen molar-refractivity contribution < 1.29 is 4.79 Å². The number of nitrogens with one attached hydrogen (secondary N) is 1. The van der Waals surface area contributed by atoms with E-state index in [1.165, 1.54) is 0 Å². The first kappa shape index (κ1) is 18.0. The van der Waals surface area contributed by atoms with E-state index >= 15 is 0 Å². The minimum atomic E-state index is -0.0620. The molecule has 3 aromatic carbocycles. The van der Waals surface area contributed by atoms with Gasteiger partial charge in [0.15, 0.2) is 0 Å². The summed E-state index contributed by atoms with van der Waals surface area (Å²) in [4.78, 5) is 12.5. The van der Waals surface area contributed by atoms with E-state index in [-0.39, 0.29) is 11.9 Å². The van der Waals surface area contributed by atoms with Crippen LogP contribution in [0.2, 0.25) is 0 Å². The van der Waals surface area contributed by atoms with E-state index in [0.717, 1.165) is 29.8 Å². The van der Waals surface area contributed by atoms with Gasteiger partial charge in [-0.15, -0.1) is 0 Å². The maximum absolute atomic E-state index is 12.5. The zero-order valence-corrected chi connectivity index (χ0v) is 15.7. The van der Waals surface area contributed by atoms with Crippen LogP contribution in [0.25, 0.3) is 0 Å². The monoisotopic (exact) mass is 369 g/mol. The number of carbonyl (C=O) groups is 1. The molecule has 0 spiro atoms. The predicted octanol–water partition coefficient (Wildman–Crippen LogP) is 4.27. The summed E-state index contributed by atoms with van der Waals surface area (Å²) in [5.41, 5.74) is 4.07. The first-order chi connectivity index (χ1) is 13.8. The number of hydrogen-bond donors (Lipinski definition) is 1. The summed E-state index contributed by atoms with van der Waals surface area (Å²) in [6.07, 6.45) is 0.903. The van der Waals surface area contributed by atoms with Crippen LogP contribution in [0.1, 0.15) is 33.9 Å². The Kier molecular flexibility index (Phi) is 5.48. The molecule has 1 heterocycles. The molecule has 0 aromatic heterocycles. The van der Waals surface area contributed by atoms with Gasteiger partial charge in [-0.25, -0.2) is 0 Å². The molecule has 1 aliphatic rings. The van der Waals surface area contributed by atoms with Crippen molar-refractivity contribution in [3.8, 4) is 0 Å². The molecular weight excluding hydrogens is 346 g/mol. The Bertz CT molecular complexity index is 939. The Morgan fingerprint density at radius 3 is 2.18 bits per heavy atom. The van der Waals surface area contributed by atoms with Crippen LogP contribution in [0.4, 0.5) is 0 Å². The van der Waals surface area contributed by atoms with Crippen molar-refractivity contribution in [2.24, 2.45) is 5.10 Å². The summed E-state index contributed by atoms with van der Waals surface area (Å²) in [7, 11) is 0. The van der Waals surface area contributed by atoms with Gasteiger partial charge in [0, 0.05) is 25.1 Å². The molecule has 0 unspecified atom stereocenters. The number of benzene rings is 3. The Hall–Kier alpha value is -3.40. The zero-order chi connectivity index (χ0) is 19.2. The minimum Gasteiger partial charge on any atom is -0.350 e. The summed E-state index contributed by atoms with van der Waals surface area (Å²) < 4.78 is 0. The highest BCUT2D eigenvalue weighted by molar-refractivity contribution is 6.01. The van der Waals surface area contributed by atoms with Crippen LogP contribution in [0.5, 0.6) is 0 Å². The number of amides is 1. The molecular formula is C24H23N3O. The van der Waals surface area contributed by atoms with Crippen molar-refractivity contribution in [3.05, 3.63) is 108 Å². The Labute approximate surface area is 165 Å². The van der Waals surface area contributed by atoms with Crippen molar-refractivity contribution in [2.45, 2.75) is 12.5 Å². The Morgan fingerprint density at radius 2 is 1.50 bits per heavy atom. The zero-order valence-electron chi connectivity index (χ0n) is 15.7. The normalized spacial score (nSPS) is 14.4. The Balaban J connectivity index is 1.53. The molecule has 0 fully saturated rings. The molecule has 0 radical (unpaired) electrons. The van der Waals surface area contributed by atoms with Gasteiger partial charge in [0.2, 0.25) is 0 Å². The smallest absolute Gasteiger partial charge is 0.251 e. The fraction of sp³-hybridized carbons (Fsp3) is 0.167. The molecule has 0 saturated heterocycles. The van der Waals surface area contributed by atoms with Crippen molar-refractivity contribution >= 4 is 11.6 Å². The largest absolute Gasteiger partial charge is 0.350 e. The second-order valence-corrected chi connectivity index (χ2v) is 6.83. The quantitative estimate of drug-likeness (QED) is 0.705. The molecule has 4 nitrogen and oxygen atoms in total. The van der Waals surface area contributed by atoms with E-state index in [9.17, 15) is 4.79 Å². The minimum absolute atomic E-state index is 0.00456. The van der Waals surface area contributed by atoms with Gasteiger partial charge in [0.1, 0.15) is 0 Å². The molecule has 4 heteroatoms. The van der Waals surface area contributed by atoms with Crippen LogP contribution in [0.15, 0.2) is 96.1 Å². The highest BCUT2D eigenvalue weighted by atomic mass is 16.1. The molecule has 1 N–H and O–H groups in total. The summed E-state index contributed by atoms with van der Waals surface area (Å²) in [6.45, 7) is 1.34. The fourth-order valence-corrected chi connectivity index (χ4v) is 3.49. The molecule has 0 bridgehead atoms. The number of hydrazone groups is 1. The van der Waals surface area contributed by atoms with Gasteiger partial charge < -0.3 is 5.32 Å². The van der Waals surface area contributed by atoms with E-state index < -0.39 is 0 Å². The standard InChI is InChI=1S/C24H23N3O/c28-24(21-14-8-3-9-15-21)25-18-23(20-12-6-2-7-13-20)27-17-16-22(26-27)19-10-4-1-5-11-19/h1-15,23H,16-18H2,(H,25,28)/t23-/m1/s1. The number of rotatable bonds is 6. The highest BCUT2D eigenvalue weighted by Gasteiger charge is 2.25. The highest BCUT2D eigenvalue weighted by Crippen LogP contribution is 2.25. The predicted molar refractivity (Wildman–Crippen MR) is 112 cm³/mol. The van der Waals surface area contributed by atoms with Crippen molar-refractivity contribution in [1.29, 1.82) is 0 Å². The van der Waals surface area contributed by atoms with Gasteiger partial charge in [-0.05, 0) is 23.3 Å². The lowest BCUT2D eigenvalue weighted by Crippen LogP contribution is -2.35. The maximum Gasteiger partial charge on any atom is 0.251 e. The third-order valence-corrected chi connectivity index (χ3v) is 4.97. The van der Waals surface area contributed by atoms with E-state index in [2.05, 4.69) is 34.6 Å². The second-order valence-electron chi connectivity index (χ2n) is 6.83. The summed E-state index contributed by atoms with van der Waals surface area (Å²) in [6, 6.07) is 29.8. The van der Waals surface area contributed by atoms with Crippen molar-refractivity contribution in [2.75, 3.05) is 13.1 Å². The van der Waals surface area contributed by atoms with Crippen LogP contribution in [-0.2, 0) is 0 Å². The average Bonchev–Trinajstić information content (AvgIpc) is 3.26. The molecule has 0 saturated carbocycles. The van der Waals surface area contributed by atoms with Gasteiger partial charge in [-0.2, -0.15) is 5.10 Å². The van der Waals surface area contributed by atoms with E-state index in [1.807, 2.05) is 66.7 Å². The molecule has 1 amide bonds. The van der Waals surface area contributed by atoms with E-state index in [1.54, 1.807) is 0 Å². The molecule has 4 rings (SSSR count). The SMILES string of the molecule is O=C(NC[C@H](c1ccccc1)N1CCC(c2ccccc2)=N1)c1ccccc1. The topological polar surface area (TPSA) is 44.7 Å². The number of nitrogens with zero attached hydrogens (tertiary/aromatic N) is 2. The van der Waals surface area contributed by atoms with Gasteiger partial charge in [0.05, 0.1) is 11.8 Å². The molecule has 1 aliphatic heterocycles. The number of carbonyl (C=O) groups excluding carboxylic acids is 1. The van der Waals surface area contributed by atoms with E-state index in [0.29, 0.717) is 12.1 Å². The molecule has 0 aliphatic carbocycles. The summed E-state index contributed by atoms with van der Waals surface area (Å²) in [5.74, 6) is -0.0620. The second kappa shape index (κ2) is 8.53. The van der Waals surface area contributed by atoms with Crippen LogP contribution in [-0.4, -0.2) is 29.7 Å². The third-order valence-electron chi connectivity index (χ3n) is 4.97. The van der Waals surface area contributed by atoms with Gasteiger partial charge in [-0.3, -0.25) is 9.80 Å². The molecule has 140 valence electrons. The fourth-order valence-electron chi connectivity index (χ4n) is 3.49. The van der Waals surface area contributed by atoms with Gasteiger partial charge >= 0.3 is 0 Å². The van der Waals surface area contributed by atoms with Crippen LogP contribution >= 0.6 is 0 Å². The van der Waals surface area contributed by atoms with Crippen LogP contribution < -0.4 is 5.32 Å².